The molecule has 0 unspecified atom stereocenters. The Labute approximate surface area is 201 Å². The van der Waals surface area contributed by atoms with Crippen molar-refractivity contribution in [2.45, 2.75) is 65.0 Å². The molecule has 1 amide bonds. The molecular formula is C27H36N2O5. The minimum atomic E-state index is -0.808. The molecule has 3 rings (SSSR count). The van der Waals surface area contributed by atoms with Crippen molar-refractivity contribution in [3.63, 3.8) is 0 Å². The van der Waals surface area contributed by atoms with E-state index < -0.39 is 17.9 Å². The molecule has 0 saturated carbocycles. The quantitative estimate of drug-likeness (QED) is 0.580. The Morgan fingerprint density at radius 3 is 2.65 bits per heavy atom. The Kier molecular flexibility index (Phi) is 8.91. The predicted molar refractivity (Wildman–Crippen MR) is 130 cm³/mol. The summed E-state index contributed by atoms with van der Waals surface area (Å²) in [6.07, 6.45) is 5.16. The van der Waals surface area contributed by atoms with Crippen LogP contribution in [0.25, 0.3) is 0 Å². The SMILES string of the molecule is COc1ccnc(C(=O)N[C@H]2CCC[C@H](Cc3ccccc3)[C@@H](CC(C)C)[C@H](C)OC2=O)c1O. The molecule has 2 N–H and O–H groups in total. The number of benzene rings is 1. The van der Waals surface area contributed by atoms with Gasteiger partial charge in [0.25, 0.3) is 5.91 Å². The molecule has 2 aromatic rings. The van der Waals surface area contributed by atoms with Gasteiger partial charge in [0.2, 0.25) is 0 Å². The van der Waals surface area contributed by atoms with Gasteiger partial charge in [0.05, 0.1) is 7.11 Å². The second-order valence-electron chi connectivity index (χ2n) is 9.55. The molecule has 0 spiro atoms. The van der Waals surface area contributed by atoms with Crippen LogP contribution in [0, 0.1) is 17.8 Å². The van der Waals surface area contributed by atoms with E-state index in [1.165, 1.54) is 24.9 Å². The number of hydrogen-bond donors (Lipinski definition) is 2. The summed E-state index contributed by atoms with van der Waals surface area (Å²) in [4.78, 5) is 29.9. The smallest absolute Gasteiger partial charge is 0.328 e. The Balaban J connectivity index is 1.78. The van der Waals surface area contributed by atoms with Gasteiger partial charge in [-0.3, -0.25) is 4.79 Å². The van der Waals surface area contributed by atoms with Gasteiger partial charge >= 0.3 is 5.97 Å². The topological polar surface area (TPSA) is 97.8 Å². The van der Waals surface area contributed by atoms with E-state index in [1.807, 2.05) is 13.0 Å². The summed E-state index contributed by atoms with van der Waals surface area (Å²) < 4.78 is 11.0. The summed E-state index contributed by atoms with van der Waals surface area (Å²) in [5, 5.41) is 13.0. The largest absolute Gasteiger partial charge is 0.503 e. The van der Waals surface area contributed by atoms with Gasteiger partial charge in [-0.05, 0) is 55.9 Å². The zero-order valence-corrected chi connectivity index (χ0v) is 20.5. The lowest BCUT2D eigenvalue weighted by atomic mass is 9.76. The van der Waals surface area contributed by atoms with Crippen molar-refractivity contribution >= 4 is 11.9 Å². The number of aromatic hydroxyl groups is 1. The number of ether oxygens (including phenoxy) is 2. The molecule has 0 radical (unpaired) electrons. The monoisotopic (exact) mass is 468 g/mol. The number of aromatic nitrogens is 1. The van der Waals surface area contributed by atoms with Gasteiger partial charge in [-0.1, -0.05) is 50.6 Å². The normalized spacial score (nSPS) is 23.4. The average Bonchev–Trinajstić information content (AvgIpc) is 2.85. The molecule has 0 bridgehead atoms. The van der Waals surface area contributed by atoms with Gasteiger partial charge in [0.15, 0.2) is 17.2 Å². The number of esters is 1. The third-order valence-corrected chi connectivity index (χ3v) is 6.57. The van der Waals surface area contributed by atoms with Gasteiger partial charge < -0.3 is 19.9 Å². The highest BCUT2D eigenvalue weighted by Gasteiger charge is 2.35. The van der Waals surface area contributed by atoms with Crippen LogP contribution in [0.3, 0.4) is 0 Å². The van der Waals surface area contributed by atoms with Crippen LogP contribution in [0.5, 0.6) is 11.5 Å². The molecule has 1 aromatic heterocycles. The van der Waals surface area contributed by atoms with Crippen molar-refractivity contribution in [1.82, 2.24) is 10.3 Å². The molecule has 34 heavy (non-hydrogen) atoms. The van der Waals surface area contributed by atoms with Gasteiger partial charge in [0.1, 0.15) is 12.1 Å². The van der Waals surface area contributed by atoms with Crippen LogP contribution in [0.1, 0.15) is 62.5 Å². The van der Waals surface area contributed by atoms with Crippen molar-refractivity contribution in [3.05, 3.63) is 53.9 Å². The molecule has 1 aliphatic heterocycles. The average molecular weight is 469 g/mol. The second kappa shape index (κ2) is 11.9. The maximum atomic E-state index is 13.1. The fourth-order valence-corrected chi connectivity index (χ4v) is 4.88. The van der Waals surface area contributed by atoms with E-state index in [-0.39, 0.29) is 29.2 Å². The molecule has 1 fully saturated rings. The van der Waals surface area contributed by atoms with E-state index in [9.17, 15) is 14.7 Å². The van der Waals surface area contributed by atoms with Gasteiger partial charge in [0, 0.05) is 12.3 Å². The van der Waals surface area contributed by atoms with Crippen molar-refractivity contribution in [2.24, 2.45) is 17.8 Å². The van der Waals surface area contributed by atoms with Gasteiger partial charge in [-0.2, -0.15) is 0 Å². The number of rotatable bonds is 7. The number of carbonyl (C=O) groups excluding carboxylic acids is 2. The molecular weight excluding hydrogens is 432 g/mol. The van der Waals surface area contributed by atoms with Crippen molar-refractivity contribution in [2.75, 3.05) is 7.11 Å². The van der Waals surface area contributed by atoms with E-state index in [1.54, 1.807) is 0 Å². The first-order valence-corrected chi connectivity index (χ1v) is 12.1. The van der Waals surface area contributed by atoms with Crippen LogP contribution in [0.4, 0.5) is 0 Å². The number of pyridine rings is 1. The molecule has 1 aromatic carbocycles. The summed E-state index contributed by atoms with van der Waals surface area (Å²) in [5.74, 6) is -0.225. The lowest BCUT2D eigenvalue weighted by molar-refractivity contribution is -0.154. The molecule has 7 nitrogen and oxygen atoms in total. The number of hydrogen-bond acceptors (Lipinski definition) is 6. The number of nitrogens with one attached hydrogen (secondary N) is 1. The first kappa shape index (κ1) is 25.5. The fourth-order valence-electron chi connectivity index (χ4n) is 4.88. The highest BCUT2D eigenvalue weighted by atomic mass is 16.5. The van der Waals surface area contributed by atoms with Crippen LogP contribution < -0.4 is 10.1 Å². The van der Waals surface area contributed by atoms with Crippen LogP contribution in [0.2, 0.25) is 0 Å². The number of amides is 1. The Bertz CT molecular complexity index is 963. The minimum absolute atomic E-state index is 0.145. The van der Waals surface area contributed by atoms with Crippen LogP contribution in [-0.4, -0.2) is 41.2 Å². The zero-order valence-electron chi connectivity index (χ0n) is 20.5. The molecule has 2 heterocycles. The summed E-state index contributed by atoms with van der Waals surface area (Å²) in [6.45, 7) is 6.34. The third kappa shape index (κ3) is 6.49. The summed E-state index contributed by atoms with van der Waals surface area (Å²) in [7, 11) is 1.40. The van der Waals surface area contributed by atoms with E-state index in [2.05, 4.69) is 48.4 Å². The molecule has 0 aliphatic carbocycles. The van der Waals surface area contributed by atoms with Crippen molar-refractivity contribution < 1.29 is 24.2 Å². The Morgan fingerprint density at radius 2 is 1.97 bits per heavy atom. The summed E-state index contributed by atoms with van der Waals surface area (Å²) in [5.41, 5.74) is 1.10. The number of nitrogens with zero attached hydrogens (tertiary/aromatic N) is 1. The van der Waals surface area contributed by atoms with Gasteiger partial charge in [-0.25, -0.2) is 9.78 Å². The highest BCUT2D eigenvalue weighted by Crippen LogP contribution is 2.34. The second-order valence-corrected chi connectivity index (χ2v) is 9.55. The molecule has 1 aliphatic rings. The van der Waals surface area contributed by atoms with E-state index in [0.29, 0.717) is 18.3 Å². The van der Waals surface area contributed by atoms with Crippen LogP contribution in [-0.2, 0) is 16.0 Å². The molecule has 184 valence electrons. The Morgan fingerprint density at radius 1 is 1.24 bits per heavy atom. The first-order chi connectivity index (χ1) is 16.3. The minimum Gasteiger partial charge on any atom is -0.503 e. The van der Waals surface area contributed by atoms with Crippen molar-refractivity contribution in [1.29, 1.82) is 0 Å². The highest BCUT2D eigenvalue weighted by molar-refractivity contribution is 5.97. The summed E-state index contributed by atoms with van der Waals surface area (Å²) in [6, 6.07) is 11.1. The summed E-state index contributed by atoms with van der Waals surface area (Å²) >= 11 is 0. The van der Waals surface area contributed by atoms with Gasteiger partial charge in [-0.15, -0.1) is 0 Å². The van der Waals surface area contributed by atoms with Crippen LogP contribution in [0.15, 0.2) is 42.6 Å². The molecule has 7 heteroatoms. The van der Waals surface area contributed by atoms with Crippen LogP contribution >= 0.6 is 0 Å². The third-order valence-electron chi connectivity index (χ3n) is 6.57. The fraction of sp³-hybridized carbons (Fsp3) is 0.519. The lowest BCUT2D eigenvalue weighted by Crippen LogP contribution is -2.43. The standard InChI is InChI=1S/C27H36N2O5/c1-17(2)15-21-18(3)34-27(32)22(12-8-11-20(21)16-19-9-6-5-7-10-19)29-26(31)24-25(30)23(33-4)13-14-28-24/h5-7,9-10,13-14,17-18,20-22,30H,8,11-12,15-16H2,1-4H3,(H,29,31)/t18-,20+,21-,22-/m0/s1. The lowest BCUT2D eigenvalue weighted by Gasteiger charge is -2.32. The zero-order chi connectivity index (χ0) is 24.7. The van der Waals surface area contributed by atoms with E-state index in [4.69, 9.17) is 9.47 Å². The molecule has 4 atom stereocenters. The number of cyclic esters (lactones) is 1. The molecule has 1 saturated heterocycles. The van der Waals surface area contributed by atoms with E-state index >= 15 is 0 Å². The van der Waals surface area contributed by atoms with E-state index in [0.717, 1.165) is 25.7 Å². The van der Waals surface area contributed by atoms with Crippen molar-refractivity contribution in [3.8, 4) is 11.5 Å². The number of carbonyl (C=O) groups is 2. The maximum Gasteiger partial charge on any atom is 0.328 e. The maximum absolute atomic E-state index is 13.1. The first-order valence-electron chi connectivity index (χ1n) is 12.1. The number of methoxy groups -OCH3 is 1. The Hall–Kier alpha value is -3.09. The predicted octanol–water partition coefficient (Wildman–Crippen LogP) is 4.53.